The van der Waals surface area contributed by atoms with Crippen molar-refractivity contribution in [3.05, 3.63) is 39.9 Å². The molecule has 34 heavy (non-hydrogen) atoms. The van der Waals surface area contributed by atoms with Crippen molar-refractivity contribution in [2.24, 2.45) is 5.92 Å². The van der Waals surface area contributed by atoms with Crippen LogP contribution in [0.5, 0.6) is 0 Å². The number of aliphatic hydroxyl groups excluding tert-OH is 2. The topological polar surface area (TPSA) is 93.6 Å². The Hall–Kier alpha value is -1.68. The van der Waals surface area contributed by atoms with Gasteiger partial charge < -0.3 is 24.7 Å². The van der Waals surface area contributed by atoms with Crippen LogP contribution < -0.4 is 0 Å². The second-order valence-corrected chi connectivity index (χ2v) is 9.72. The van der Waals surface area contributed by atoms with Crippen LogP contribution in [0.3, 0.4) is 0 Å². The fraction of sp³-hybridized carbons (Fsp3) is 0.583. The lowest BCUT2D eigenvalue weighted by atomic mass is 9.94. The van der Waals surface area contributed by atoms with Crippen molar-refractivity contribution in [3.63, 3.8) is 0 Å². The fourth-order valence-corrected chi connectivity index (χ4v) is 4.71. The first-order valence-electron chi connectivity index (χ1n) is 11.5. The summed E-state index contributed by atoms with van der Waals surface area (Å²) in [4.78, 5) is 30.5. The molecule has 1 aromatic rings. The number of β-amino-alcohol motifs (C(OH)–C–C–N with tert-alkyl or cyclic N) is 2. The van der Waals surface area contributed by atoms with Gasteiger partial charge in [0.2, 0.25) is 11.8 Å². The molecule has 1 aromatic carbocycles. The molecular weight excluding hydrogens is 481 g/mol. The van der Waals surface area contributed by atoms with Gasteiger partial charge in [-0.25, -0.2) is 0 Å². The molecule has 2 fully saturated rings. The molecule has 0 saturated carbocycles. The summed E-state index contributed by atoms with van der Waals surface area (Å²) in [5.74, 6) is -0.157. The Morgan fingerprint density at radius 2 is 2.00 bits per heavy atom. The quantitative estimate of drug-likeness (QED) is 0.514. The van der Waals surface area contributed by atoms with Crippen LogP contribution in [0, 0.1) is 5.92 Å². The Morgan fingerprint density at radius 3 is 2.71 bits per heavy atom. The molecule has 10 heteroatoms. The minimum atomic E-state index is -0.730. The molecule has 2 amide bonds. The van der Waals surface area contributed by atoms with E-state index < -0.39 is 12.2 Å². The summed E-state index contributed by atoms with van der Waals surface area (Å²) in [7, 11) is 1.63. The Morgan fingerprint density at radius 1 is 1.21 bits per heavy atom. The van der Waals surface area contributed by atoms with Gasteiger partial charge in [-0.05, 0) is 36.7 Å². The van der Waals surface area contributed by atoms with E-state index in [-0.39, 0.29) is 30.7 Å². The van der Waals surface area contributed by atoms with Crippen LogP contribution >= 0.6 is 23.2 Å². The zero-order valence-electron chi connectivity index (χ0n) is 19.4. The molecule has 3 unspecified atom stereocenters. The van der Waals surface area contributed by atoms with Gasteiger partial charge in [-0.2, -0.15) is 0 Å². The molecule has 3 rings (SSSR count). The van der Waals surface area contributed by atoms with E-state index in [9.17, 15) is 19.8 Å². The van der Waals surface area contributed by atoms with Crippen LogP contribution in [-0.4, -0.2) is 108 Å². The van der Waals surface area contributed by atoms with E-state index in [1.54, 1.807) is 41.2 Å². The first-order chi connectivity index (χ1) is 16.3. The number of hydrogen-bond acceptors (Lipinski definition) is 6. The minimum Gasteiger partial charge on any atom is -0.391 e. The first kappa shape index (κ1) is 26.9. The minimum absolute atomic E-state index is 0.0818. The number of likely N-dealkylation sites (tertiary alicyclic amines) is 1. The van der Waals surface area contributed by atoms with Crippen molar-refractivity contribution in [1.29, 1.82) is 0 Å². The molecule has 2 saturated heterocycles. The third-order valence-electron chi connectivity index (χ3n) is 6.35. The van der Waals surface area contributed by atoms with Gasteiger partial charge >= 0.3 is 0 Å². The lowest BCUT2D eigenvalue weighted by Gasteiger charge is -2.37. The van der Waals surface area contributed by atoms with Crippen molar-refractivity contribution in [1.82, 2.24) is 14.7 Å². The molecule has 2 aliphatic heterocycles. The second kappa shape index (κ2) is 12.9. The molecule has 0 radical (unpaired) electrons. The smallest absolute Gasteiger partial charge is 0.246 e. The maximum Gasteiger partial charge on any atom is 0.246 e. The monoisotopic (exact) mass is 513 g/mol. The summed E-state index contributed by atoms with van der Waals surface area (Å²) in [5.41, 5.74) is 0.759. The van der Waals surface area contributed by atoms with Gasteiger partial charge in [0.15, 0.2) is 0 Å². The molecule has 188 valence electrons. The highest BCUT2D eigenvalue weighted by molar-refractivity contribution is 6.42. The normalized spacial score (nSPS) is 23.4. The lowest BCUT2D eigenvalue weighted by molar-refractivity contribution is -0.132. The maximum atomic E-state index is 12.6. The molecule has 2 aliphatic rings. The van der Waals surface area contributed by atoms with E-state index in [0.717, 1.165) is 18.5 Å². The Kier molecular flexibility index (Phi) is 10.2. The number of methoxy groups -OCH3 is 1. The van der Waals surface area contributed by atoms with Crippen LogP contribution in [0.15, 0.2) is 24.3 Å². The second-order valence-electron chi connectivity index (χ2n) is 8.91. The van der Waals surface area contributed by atoms with Gasteiger partial charge in [0.05, 0.1) is 28.9 Å². The van der Waals surface area contributed by atoms with E-state index in [4.69, 9.17) is 27.9 Å². The number of carbonyl (C=O) groups is 2. The Bertz CT molecular complexity index is 884. The third kappa shape index (κ3) is 7.66. The third-order valence-corrected chi connectivity index (χ3v) is 7.09. The highest BCUT2D eigenvalue weighted by Gasteiger charge is 2.30. The zero-order valence-corrected chi connectivity index (χ0v) is 20.9. The number of benzene rings is 1. The number of carbonyl (C=O) groups excluding carboxylic acids is 2. The SMILES string of the molecule is COCC1CCN(CC(O)CN2CCN(C(=O)C=Cc3ccc(Cl)c(Cl)c3)CCC2=O)CC1O. The van der Waals surface area contributed by atoms with Crippen LogP contribution in [0.4, 0.5) is 0 Å². The van der Waals surface area contributed by atoms with Crippen LogP contribution in [0.2, 0.25) is 10.0 Å². The lowest BCUT2D eigenvalue weighted by Crippen LogP contribution is -2.50. The number of hydrogen-bond donors (Lipinski definition) is 2. The molecule has 0 spiro atoms. The molecule has 0 aromatic heterocycles. The average Bonchev–Trinajstić information content (AvgIpc) is 2.98. The fourth-order valence-electron chi connectivity index (χ4n) is 4.40. The van der Waals surface area contributed by atoms with Crippen molar-refractivity contribution < 1.29 is 24.5 Å². The number of amides is 2. The summed E-state index contributed by atoms with van der Waals surface area (Å²) >= 11 is 11.9. The molecule has 2 N–H and O–H groups in total. The van der Waals surface area contributed by atoms with Crippen molar-refractivity contribution in [2.45, 2.75) is 25.0 Å². The van der Waals surface area contributed by atoms with Crippen LogP contribution in [-0.2, 0) is 14.3 Å². The number of piperidine rings is 1. The van der Waals surface area contributed by atoms with Gasteiger partial charge in [-0.3, -0.25) is 14.5 Å². The molecule has 8 nitrogen and oxygen atoms in total. The highest BCUT2D eigenvalue weighted by Crippen LogP contribution is 2.23. The first-order valence-corrected chi connectivity index (χ1v) is 12.3. The zero-order chi connectivity index (χ0) is 24.7. The van der Waals surface area contributed by atoms with E-state index >= 15 is 0 Å². The predicted octanol–water partition coefficient (Wildman–Crippen LogP) is 1.76. The Balaban J connectivity index is 1.47. The van der Waals surface area contributed by atoms with Gasteiger partial charge in [0, 0.05) is 64.8 Å². The molecule has 0 bridgehead atoms. The number of rotatable bonds is 8. The summed E-state index contributed by atoms with van der Waals surface area (Å²) in [5, 5.41) is 21.7. The largest absolute Gasteiger partial charge is 0.391 e. The number of halogens is 2. The van der Waals surface area contributed by atoms with E-state index in [1.807, 2.05) is 4.90 Å². The number of ether oxygens (including phenoxy) is 1. The summed E-state index contributed by atoms with van der Waals surface area (Å²) in [6.07, 6.45) is 2.93. The van der Waals surface area contributed by atoms with Gasteiger partial charge in [0.1, 0.15) is 0 Å². The standard InChI is InChI=1S/C24H33Cl2N3O5/c1-34-16-18-6-8-27(15-22(18)31)13-19(30)14-29-11-10-28(9-7-24(29)33)23(32)5-3-17-2-4-20(25)21(26)12-17/h2-5,12,18-19,22,30-31H,6-11,13-16H2,1H3. The van der Waals surface area contributed by atoms with Crippen LogP contribution in [0.1, 0.15) is 18.4 Å². The van der Waals surface area contributed by atoms with E-state index in [2.05, 4.69) is 0 Å². The van der Waals surface area contributed by atoms with Gasteiger partial charge in [-0.15, -0.1) is 0 Å². The van der Waals surface area contributed by atoms with Gasteiger partial charge in [-0.1, -0.05) is 29.3 Å². The van der Waals surface area contributed by atoms with E-state index in [1.165, 1.54) is 6.08 Å². The van der Waals surface area contributed by atoms with Gasteiger partial charge in [0.25, 0.3) is 0 Å². The van der Waals surface area contributed by atoms with Crippen molar-refractivity contribution >= 4 is 41.1 Å². The summed E-state index contributed by atoms with van der Waals surface area (Å²) < 4.78 is 5.15. The maximum absolute atomic E-state index is 12.6. The van der Waals surface area contributed by atoms with Crippen LogP contribution in [0.25, 0.3) is 6.08 Å². The Labute approximate surface area is 210 Å². The van der Waals surface area contributed by atoms with Crippen molar-refractivity contribution in [3.8, 4) is 0 Å². The summed E-state index contributed by atoms with van der Waals surface area (Å²) in [6, 6.07) is 5.12. The predicted molar refractivity (Wildman–Crippen MR) is 132 cm³/mol. The number of nitrogens with zero attached hydrogens (tertiary/aromatic N) is 3. The molecular formula is C24H33Cl2N3O5. The molecule has 2 heterocycles. The van der Waals surface area contributed by atoms with Crippen molar-refractivity contribution in [2.75, 3.05) is 59.5 Å². The van der Waals surface area contributed by atoms with E-state index in [0.29, 0.717) is 49.4 Å². The average molecular weight is 514 g/mol. The highest BCUT2D eigenvalue weighted by atomic mass is 35.5. The molecule has 0 aliphatic carbocycles. The molecule has 3 atom stereocenters. The number of aliphatic hydroxyl groups is 2. The summed E-state index contributed by atoms with van der Waals surface area (Å²) in [6.45, 7) is 3.44.